The van der Waals surface area contributed by atoms with E-state index in [0.29, 0.717) is 11.4 Å². The Kier molecular flexibility index (Phi) is 2.58. The molecule has 0 aliphatic heterocycles. The first-order valence-electron chi connectivity index (χ1n) is 2.61. The minimum atomic E-state index is 0.499. The quantitative estimate of drug-likeness (QED) is 0.537. The summed E-state index contributed by atoms with van der Waals surface area (Å²) in [7, 11) is 0. The molecular formula is C7H12N2. The molecule has 0 amide bonds. The zero-order valence-electron chi connectivity index (χ0n) is 5.65. The van der Waals surface area contributed by atoms with Crippen LogP contribution in [-0.2, 0) is 0 Å². The minimum Gasteiger partial charge on any atom is -0.399 e. The fourth-order valence-electron chi connectivity index (χ4n) is 0.371. The van der Waals surface area contributed by atoms with Crippen LogP contribution in [0.5, 0.6) is 0 Å². The van der Waals surface area contributed by atoms with Crippen molar-refractivity contribution in [2.45, 2.75) is 6.92 Å². The monoisotopic (exact) mass is 124 g/mol. The summed E-state index contributed by atoms with van der Waals surface area (Å²) in [5.74, 6) is 0. The largest absolute Gasteiger partial charge is 0.399 e. The fourth-order valence-corrected chi connectivity index (χ4v) is 0.371. The van der Waals surface area contributed by atoms with Gasteiger partial charge in [-0.2, -0.15) is 0 Å². The Morgan fingerprint density at radius 2 is 1.78 bits per heavy atom. The van der Waals surface area contributed by atoms with Gasteiger partial charge in [-0.1, -0.05) is 13.2 Å². The molecule has 0 atom stereocenters. The molecule has 0 aliphatic carbocycles. The predicted molar refractivity (Wildman–Crippen MR) is 40.4 cm³/mol. The van der Waals surface area contributed by atoms with E-state index < -0.39 is 0 Å². The van der Waals surface area contributed by atoms with E-state index in [1.54, 1.807) is 6.08 Å². The Bertz CT molecular complexity index is 166. The summed E-state index contributed by atoms with van der Waals surface area (Å²) in [6.45, 7) is 8.84. The standard InChI is InChI=1S/C7H12N2/c1-5(7(3)9)4-6(2)8/h4H,2-3,8-9H2,1H3/b5-4-. The van der Waals surface area contributed by atoms with Crippen molar-refractivity contribution in [1.82, 2.24) is 0 Å². The first-order chi connectivity index (χ1) is 4.04. The van der Waals surface area contributed by atoms with Crippen LogP contribution >= 0.6 is 0 Å². The van der Waals surface area contributed by atoms with Crippen LogP contribution in [0.4, 0.5) is 0 Å². The van der Waals surface area contributed by atoms with Crippen LogP contribution in [0.2, 0.25) is 0 Å². The minimum absolute atomic E-state index is 0.499. The Morgan fingerprint density at radius 1 is 1.33 bits per heavy atom. The second kappa shape index (κ2) is 2.97. The number of hydrogen-bond acceptors (Lipinski definition) is 2. The topological polar surface area (TPSA) is 52.0 Å². The first kappa shape index (κ1) is 7.82. The van der Waals surface area contributed by atoms with E-state index in [4.69, 9.17) is 11.5 Å². The van der Waals surface area contributed by atoms with Gasteiger partial charge in [0.05, 0.1) is 0 Å². The molecule has 0 aliphatic rings. The van der Waals surface area contributed by atoms with Gasteiger partial charge < -0.3 is 11.5 Å². The van der Waals surface area contributed by atoms with Crippen molar-refractivity contribution >= 4 is 0 Å². The Hall–Kier alpha value is -1.18. The summed E-state index contributed by atoms with van der Waals surface area (Å²) in [5.41, 5.74) is 12.5. The molecule has 4 N–H and O–H groups in total. The number of hydrogen-bond donors (Lipinski definition) is 2. The van der Waals surface area contributed by atoms with Crippen LogP contribution in [0.15, 0.2) is 36.2 Å². The molecule has 0 fully saturated rings. The molecule has 0 radical (unpaired) electrons. The fraction of sp³-hybridized carbons (Fsp3) is 0.143. The van der Waals surface area contributed by atoms with Gasteiger partial charge in [0.1, 0.15) is 0 Å². The third-order valence-electron chi connectivity index (χ3n) is 0.908. The van der Waals surface area contributed by atoms with Crippen LogP contribution in [0.3, 0.4) is 0 Å². The molecule has 0 unspecified atom stereocenters. The first-order valence-corrected chi connectivity index (χ1v) is 2.61. The lowest BCUT2D eigenvalue weighted by atomic mass is 10.2. The smallest absolute Gasteiger partial charge is 0.0271 e. The van der Waals surface area contributed by atoms with E-state index in [9.17, 15) is 0 Å². The van der Waals surface area contributed by atoms with Crippen LogP contribution in [0, 0.1) is 0 Å². The number of rotatable bonds is 2. The highest BCUT2D eigenvalue weighted by atomic mass is 14.6. The maximum atomic E-state index is 5.32. The molecule has 50 valence electrons. The van der Waals surface area contributed by atoms with Gasteiger partial charge in [-0.15, -0.1) is 0 Å². The van der Waals surface area contributed by atoms with Gasteiger partial charge in [0, 0.05) is 11.4 Å². The summed E-state index contributed by atoms with van der Waals surface area (Å²) >= 11 is 0. The lowest BCUT2D eigenvalue weighted by Crippen LogP contribution is -1.98. The molecule has 2 nitrogen and oxygen atoms in total. The molecule has 9 heavy (non-hydrogen) atoms. The Balaban J connectivity index is 4.17. The lowest BCUT2D eigenvalue weighted by Gasteiger charge is -1.96. The Morgan fingerprint density at radius 3 is 1.89 bits per heavy atom. The summed E-state index contributed by atoms with van der Waals surface area (Å²) in [4.78, 5) is 0. The third-order valence-corrected chi connectivity index (χ3v) is 0.908. The van der Waals surface area contributed by atoms with Crippen LogP contribution in [-0.4, -0.2) is 0 Å². The molecule has 0 aromatic carbocycles. The molecule has 0 saturated heterocycles. The van der Waals surface area contributed by atoms with Crippen LogP contribution < -0.4 is 11.5 Å². The lowest BCUT2D eigenvalue weighted by molar-refractivity contribution is 1.28. The molecule has 0 aromatic heterocycles. The van der Waals surface area contributed by atoms with Gasteiger partial charge in [-0.3, -0.25) is 0 Å². The van der Waals surface area contributed by atoms with Gasteiger partial charge in [-0.05, 0) is 18.6 Å². The van der Waals surface area contributed by atoms with Gasteiger partial charge >= 0.3 is 0 Å². The van der Waals surface area contributed by atoms with E-state index in [1.807, 2.05) is 6.92 Å². The van der Waals surface area contributed by atoms with E-state index >= 15 is 0 Å². The second-order valence-corrected chi connectivity index (χ2v) is 1.93. The van der Waals surface area contributed by atoms with Crippen molar-refractivity contribution in [3.05, 3.63) is 36.2 Å². The Labute approximate surface area is 55.5 Å². The molecule has 0 heterocycles. The van der Waals surface area contributed by atoms with Crippen molar-refractivity contribution < 1.29 is 0 Å². The van der Waals surface area contributed by atoms with Crippen molar-refractivity contribution in [2.75, 3.05) is 0 Å². The third kappa shape index (κ3) is 3.41. The van der Waals surface area contributed by atoms with Gasteiger partial charge in [0.2, 0.25) is 0 Å². The molecule has 0 bridgehead atoms. The number of nitrogens with two attached hydrogens (primary N) is 2. The zero-order valence-corrected chi connectivity index (χ0v) is 5.65. The van der Waals surface area contributed by atoms with Gasteiger partial charge in [-0.25, -0.2) is 0 Å². The van der Waals surface area contributed by atoms with Gasteiger partial charge in [0.15, 0.2) is 0 Å². The van der Waals surface area contributed by atoms with E-state index in [0.717, 1.165) is 5.57 Å². The molecule has 0 spiro atoms. The summed E-state index contributed by atoms with van der Waals surface area (Å²) in [6, 6.07) is 0. The van der Waals surface area contributed by atoms with Crippen molar-refractivity contribution in [3.63, 3.8) is 0 Å². The highest BCUT2D eigenvalue weighted by Crippen LogP contribution is 2.00. The van der Waals surface area contributed by atoms with Gasteiger partial charge in [0.25, 0.3) is 0 Å². The highest BCUT2D eigenvalue weighted by molar-refractivity contribution is 5.29. The van der Waals surface area contributed by atoms with Crippen LogP contribution in [0.1, 0.15) is 6.92 Å². The average Bonchev–Trinajstić information content (AvgIpc) is 1.63. The zero-order chi connectivity index (χ0) is 7.44. The van der Waals surface area contributed by atoms with E-state index in [1.165, 1.54) is 0 Å². The summed E-state index contributed by atoms with van der Waals surface area (Å²) in [5, 5.41) is 0. The SMILES string of the molecule is C=C(N)/C=C(/C)C(=C)N. The average molecular weight is 124 g/mol. The molecule has 0 rings (SSSR count). The molecule has 0 aromatic rings. The maximum Gasteiger partial charge on any atom is 0.0271 e. The van der Waals surface area contributed by atoms with E-state index in [2.05, 4.69) is 13.2 Å². The molecule has 2 heteroatoms. The van der Waals surface area contributed by atoms with Crippen LogP contribution in [0.25, 0.3) is 0 Å². The predicted octanol–water partition coefficient (Wildman–Crippen LogP) is 0.878. The molecular weight excluding hydrogens is 112 g/mol. The molecule has 0 saturated carbocycles. The van der Waals surface area contributed by atoms with Crippen molar-refractivity contribution in [3.8, 4) is 0 Å². The highest BCUT2D eigenvalue weighted by Gasteiger charge is 1.87. The van der Waals surface area contributed by atoms with Crippen molar-refractivity contribution in [1.29, 1.82) is 0 Å². The number of allylic oxidation sites excluding steroid dienone is 2. The normalized spacial score (nSPS) is 11.0. The maximum absolute atomic E-state index is 5.32. The van der Waals surface area contributed by atoms with Crippen molar-refractivity contribution in [2.24, 2.45) is 11.5 Å². The summed E-state index contributed by atoms with van der Waals surface area (Å²) < 4.78 is 0. The second-order valence-electron chi connectivity index (χ2n) is 1.93. The summed E-state index contributed by atoms with van der Waals surface area (Å²) in [6.07, 6.45) is 1.68. The van der Waals surface area contributed by atoms with E-state index in [-0.39, 0.29) is 0 Å².